The van der Waals surface area contributed by atoms with E-state index in [1.807, 2.05) is 0 Å². The maximum absolute atomic E-state index is 13.5. The van der Waals surface area contributed by atoms with E-state index in [1.54, 1.807) is 0 Å². The lowest BCUT2D eigenvalue weighted by Gasteiger charge is -2.24. The zero-order valence-corrected chi connectivity index (χ0v) is 14.6. The minimum Gasteiger partial charge on any atom is -0.351 e. The van der Waals surface area contributed by atoms with Gasteiger partial charge in [0.05, 0.1) is 6.20 Å². The molecule has 1 fully saturated rings. The Morgan fingerprint density at radius 1 is 1.15 bits per heavy atom. The first-order chi connectivity index (χ1) is 12.3. The Kier molecular flexibility index (Phi) is 5.70. The average Bonchev–Trinajstić information content (AvgIpc) is 2.59. The van der Waals surface area contributed by atoms with Gasteiger partial charge in [0.2, 0.25) is 5.95 Å². The van der Waals surface area contributed by atoms with Crippen molar-refractivity contribution < 1.29 is 17.6 Å². The van der Waals surface area contributed by atoms with Crippen LogP contribution in [0.15, 0.2) is 30.1 Å². The minimum atomic E-state index is -4.67. The van der Waals surface area contributed by atoms with Gasteiger partial charge in [-0.3, -0.25) is 0 Å². The Morgan fingerprint density at radius 2 is 1.88 bits per heavy atom. The van der Waals surface area contributed by atoms with Gasteiger partial charge in [0.15, 0.2) is 5.82 Å². The molecule has 26 heavy (non-hydrogen) atoms. The van der Waals surface area contributed by atoms with Crippen LogP contribution in [0.2, 0.25) is 5.02 Å². The molecule has 0 bridgehead atoms. The Morgan fingerprint density at radius 3 is 2.58 bits per heavy atom. The smallest absolute Gasteiger partial charge is 0.351 e. The number of aromatic nitrogens is 2. The van der Waals surface area contributed by atoms with Crippen LogP contribution in [0.25, 0.3) is 0 Å². The molecule has 3 rings (SSSR count). The first-order valence-corrected chi connectivity index (χ1v) is 8.87. The second kappa shape index (κ2) is 7.82. The first-order valence-electron chi connectivity index (χ1n) is 8.50. The van der Waals surface area contributed by atoms with Crippen molar-refractivity contribution in [3.8, 4) is 0 Å². The molecule has 0 radical (unpaired) electrons. The fraction of sp³-hybridized carbons (Fsp3) is 0.529. The standard InChI is InChI=1S/C17H19ClF4N4/c18-13-9-23-16(25-10-4-2-1-3-5-10)26-15(13)24-11-6-7-14(19)12(8-11)17(20,21)22/h6-10,12,14H,1-5H2,(H2,23,24,25,26). The number of halogens is 5. The van der Waals surface area contributed by atoms with E-state index in [9.17, 15) is 17.6 Å². The molecule has 1 aromatic heterocycles. The molecule has 1 saturated carbocycles. The minimum absolute atomic E-state index is 0.0884. The molecular weight excluding hydrogens is 372 g/mol. The van der Waals surface area contributed by atoms with Crippen molar-refractivity contribution in [3.63, 3.8) is 0 Å². The maximum Gasteiger partial charge on any atom is 0.398 e. The number of allylic oxidation sites excluding steroid dienone is 3. The summed E-state index contributed by atoms with van der Waals surface area (Å²) in [4.78, 5) is 8.37. The summed E-state index contributed by atoms with van der Waals surface area (Å²) in [6.07, 6.45) is 3.06. The fourth-order valence-electron chi connectivity index (χ4n) is 3.11. The molecule has 2 N–H and O–H groups in total. The van der Waals surface area contributed by atoms with Crippen molar-refractivity contribution in [3.05, 3.63) is 35.1 Å². The summed E-state index contributed by atoms with van der Waals surface area (Å²) in [7, 11) is 0. The maximum atomic E-state index is 13.5. The van der Waals surface area contributed by atoms with Gasteiger partial charge in [-0.05, 0) is 31.1 Å². The molecule has 2 aliphatic carbocycles. The topological polar surface area (TPSA) is 49.8 Å². The summed E-state index contributed by atoms with van der Waals surface area (Å²) < 4.78 is 52.2. The lowest BCUT2D eigenvalue weighted by atomic mass is 9.96. The highest BCUT2D eigenvalue weighted by atomic mass is 35.5. The molecule has 2 aliphatic rings. The quantitative estimate of drug-likeness (QED) is 0.689. The number of hydrogen-bond donors (Lipinski definition) is 2. The Bertz CT molecular complexity index is 698. The van der Waals surface area contributed by atoms with Gasteiger partial charge in [-0.2, -0.15) is 18.2 Å². The van der Waals surface area contributed by atoms with Crippen LogP contribution < -0.4 is 10.6 Å². The van der Waals surface area contributed by atoms with E-state index in [4.69, 9.17) is 11.6 Å². The van der Waals surface area contributed by atoms with Crippen LogP contribution in [0.5, 0.6) is 0 Å². The second-order valence-electron chi connectivity index (χ2n) is 6.49. The molecule has 0 amide bonds. The predicted molar refractivity (Wildman–Crippen MR) is 92.8 cm³/mol. The van der Waals surface area contributed by atoms with E-state index in [0.29, 0.717) is 5.95 Å². The van der Waals surface area contributed by atoms with Crippen molar-refractivity contribution in [1.29, 1.82) is 0 Å². The normalized spacial score (nSPS) is 24.3. The van der Waals surface area contributed by atoms with E-state index in [0.717, 1.165) is 37.8 Å². The molecule has 0 aromatic carbocycles. The van der Waals surface area contributed by atoms with Gasteiger partial charge in [0.1, 0.15) is 17.1 Å². The summed E-state index contributed by atoms with van der Waals surface area (Å²) in [5.74, 6) is -1.66. The average molecular weight is 391 g/mol. The van der Waals surface area contributed by atoms with Gasteiger partial charge in [-0.1, -0.05) is 30.9 Å². The highest BCUT2D eigenvalue weighted by Crippen LogP contribution is 2.35. The Hall–Kier alpha value is -1.83. The van der Waals surface area contributed by atoms with Gasteiger partial charge in [0.25, 0.3) is 0 Å². The highest BCUT2D eigenvalue weighted by Gasteiger charge is 2.44. The van der Waals surface area contributed by atoms with Crippen LogP contribution in [0.1, 0.15) is 32.1 Å². The lowest BCUT2D eigenvalue weighted by Crippen LogP contribution is -2.31. The van der Waals surface area contributed by atoms with Crippen LogP contribution in [-0.4, -0.2) is 28.4 Å². The first kappa shape index (κ1) is 18.9. The number of nitrogens with one attached hydrogen (secondary N) is 2. The summed E-state index contributed by atoms with van der Waals surface area (Å²) in [5.41, 5.74) is 0.0884. The molecule has 2 unspecified atom stereocenters. The van der Waals surface area contributed by atoms with Crippen molar-refractivity contribution in [2.75, 3.05) is 10.6 Å². The molecule has 1 heterocycles. The van der Waals surface area contributed by atoms with Gasteiger partial charge < -0.3 is 10.6 Å². The third-order valence-corrected chi connectivity index (χ3v) is 4.76. The van der Waals surface area contributed by atoms with Crippen molar-refractivity contribution in [2.24, 2.45) is 5.92 Å². The molecular formula is C17H19ClF4N4. The van der Waals surface area contributed by atoms with Crippen LogP contribution in [0.4, 0.5) is 29.3 Å². The summed E-state index contributed by atoms with van der Waals surface area (Å²) >= 11 is 6.05. The highest BCUT2D eigenvalue weighted by molar-refractivity contribution is 6.32. The van der Waals surface area contributed by atoms with E-state index < -0.39 is 18.3 Å². The largest absolute Gasteiger partial charge is 0.398 e. The molecule has 0 aliphatic heterocycles. The third kappa shape index (κ3) is 4.66. The zero-order chi connectivity index (χ0) is 18.7. The zero-order valence-electron chi connectivity index (χ0n) is 13.9. The summed E-state index contributed by atoms with van der Waals surface area (Å²) in [6, 6.07) is 0.272. The Balaban J connectivity index is 1.74. The van der Waals surface area contributed by atoms with Crippen molar-refractivity contribution in [1.82, 2.24) is 9.97 Å². The van der Waals surface area contributed by atoms with E-state index >= 15 is 0 Å². The number of nitrogens with zero attached hydrogens (tertiary/aromatic N) is 2. The SMILES string of the molecule is FC1C=CC(Nc2nc(NC3CCCCC3)ncc2Cl)=CC1C(F)(F)F. The van der Waals surface area contributed by atoms with Crippen LogP contribution in [0.3, 0.4) is 0 Å². The molecule has 0 spiro atoms. The monoisotopic (exact) mass is 390 g/mol. The van der Waals surface area contributed by atoms with Gasteiger partial charge in [-0.15, -0.1) is 0 Å². The summed E-state index contributed by atoms with van der Waals surface area (Å²) in [6.45, 7) is 0. The fourth-order valence-corrected chi connectivity index (χ4v) is 3.24. The molecule has 9 heteroatoms. The molecule has 142 valence electrons. The van der Waals surface area contributed by atoms with Crippen LogP contribution in [0, 0.1) is 5.92 Å². The number of anilines is 2. The van der Waals surface area contributed by atoms with Crippen LogP contribution >= 0.6 is 11.6 Å². The van der Waals surface area contributed by atoms with Crippen LogP contribution in [-0.2, 0) is 0 Å². The number of rotatable bonds is 4. The second-order valence-corrected chi connectivity index (χ2v) is 6.89. The molecule has 4 nitrogen and oxygen atoms in total. The molecule has 2 atom stereocenters. The van der Waals surface area contributed by atoms with Crippen molar-refractivity contribution in [2.45, 2.75) is 50.5 Å². The van der Waals surface area contributed by atoms with E-state index in [-0.39, 0.29) is 22.6 Å². The predicted octanol–water partition coefficient (Wildman–Crippen LogP) is 5.26. The third-order valence-electron chi connectivity index (χ3n) is 4.49. The van der Waals surface area contributed by atoms with Gasteiger partial charge >= 0.3 is 6.18 Å². The Labute approximate surface area is 153 Å². The van der Waals surface area contributed by atoms with E-state index in [1.165, 1.54) is 18.7 Å². The van der Waals surface area contributed by atoms with Gasteiger partial charge in [0, 0.05) is 11.7 Å². The lowest BCUT2D eigenvalue weighted by molar-refractivity contribution is -0.171. The molecule has 0 saturated heterocycles. The molecule has 1 aromatic rings. The van der Waals surface area contributed by atoms with Crippen molar-refractivity contribution >= 4 is 23.4 Å². The number of hydrogen-bond acceptors (Lipinski definition) is 4. The summed E-state index contributed by atoms with van der Waals surface area (Å²) in [5, 5.41) is 6.13. The van der Waals surface area contributed by atoms with E-state index in [2.05, 4.69) is 20.6 Å². The number of alkyl halides is 4. The van der Waals surface area contributed by atoms with Gasteiger partial charge in [-0.25, -0.2) is 9.37 Å².